The van der Waals surface area contributed by atoms with Crippen molar-refractivity contribution in [2.75, 3.05) is 23.3 Å². The van der Waals surface area contributed by atoms with E-state index in [-0.39, 0.29) is 11.8 Å². The number of anilines is 2. The third kappa shape index (κ3) is 4.19. The van der Waals surface area contributed by atoms with E-state index in [0.29, 0.717) is 31.0 Å². The second-order valence-corrected chi connectivity index (χ2v) is 5.57. The quantitative estimate of drug-likeness (QED) is 0.737. The minimum Gasteiger partial charge on any atom is -0.381 e. The van der Waals surface area contributed by atoms with Crippen LogP contribution in [0.5, 0.6) is 0 Å². The van der Waals surface area contributed by atoms with Gasteiger partial charge in [0.25, 0.3) is 10.2 Å². The molecule has 19 heavy (non-hydrogen) atoms. The summed E-state index contributed by atoms with van der Waals surface area (Å²) < 4.78 is 29.1. The summed E-state index contributed by atoms with van der Waals surface area (Å²) in [6.45, 7) is 1.01. The van der Waals surface area contributed by atoms with Crippen LogP contribution in [0.15, 0.2) is 24.3 Å². The molecule has 0 spiro atoms. The maximum Gasteiger partial charge on any atom is 0.296 e. The van der Waals surface area contributed by atoms with Gasteiger partial charge in [0.2, 0.25) is 5.91 Å². The summed E-state index contributed by atoms with van der Waals surface area (Å²) in [6, 6.07) is 6.33. The van der Waals surface area contributed by atoms with Crippen LogP contribution in [0, 0.1) is 5.92 Å². The maximum atomic E-state index is 11.9. The summed E-state index contributed by atoms with van der Waals surface area (Å²) in [4.78, 5) is 11.9. The molecule has 8 heteroatoms. The van der Waals surface area contributed by atoms with Crippen LogP contribution in [0.4, 0.5) is 11.4 Å². The summed E-state index contributed by atoms with van der Waals surface area (Å²) in [5.74, 6) is -0.292. The number of carbonyl (C=O) groups is 1. The fourth-order valence-corrected chi connectivity index (χ4v) is 2.27. The van der Waals surface area contributed by atoms with Crippen molar-refractivity contribution >= 4 is 27.5 Å². The highest BCUT2D eigenvalue weighted by molar-refractivity contribution is 7.90. The van der Waals surface area contributed by atoms with Crippen LogP contribution >= 0.6 is 0 Å². The lowest BCUT2D eigenvalue weighted by atomic mass is 10.1. The van der Waals surface area contributed by atoms with Gasteiger partial charge in [-0.1, -0.05) is 6.07 Å². The summed E-state index contributed by atoms with van der Waals surface area (Å²) in [5.41, 5.74) is 0.800. The first-order valence-corrected chi connectivity index (χ1v) is 7.28. The molecule has 1 aromatic rings. The molecule has 1 unspecified atom stereocenters. The van der Waals surface area contributed by atoms with E-state index in [1.54, 1.807) is 18.2 Å². The fourth-order valence-electron chi connectivity index (χ4n) is 1.81. The SMILES string of the molecule is NS(=O)(=O)Nc1cccc(NC(=O)C2CCOC2)c1. The number of rotatable bonds is 4. The molecule has 4 N–H and O–H groups in total. The van der Waals surface area contributed by atoms with Gasteiger partial charge < -0.3 is 10.1 Å². The third-order valence-electron chi connectivity index (χ3n) is 2.69. The molecule has 0 bridgehead atoms. The molecule has 0 aliphatic carbocycles. The summed E-state index contributed by atoms with van der Waals surface area (Å²) >= 11 is 0. The van der Waals surface area contributed by atoms with Gasteiger partial charge in [0, 0.05) is 12.3 Å². The molecule has 1 aromatic carbocycles. The number of nitrogens with two attached hydrogens (primary N) is 1. The van der Waals surface area contributed by atoms with Crippen molar-refractivity contribution in [3.63, 3.8) is 0 Å². The average molecular weight is 285 g/mol. The van der Waals surface area contributed by atoms with E-state index < -0.39 is 10.2 Å². The van der Waals surface area contributed by atoms with Gasteiger partial charge in [0.1, 0.15) is 0 Å². The number of ether oxygens (including phenoxy) is 1. The van der Waals surface area contributed by atoms with Crippen LogP contribution in [0.3, 0.4) is 0 Å². The maximum absolute atomic E-state index is 11.9. The molecule has 2 rings (SSSR count). The zero-order valence-electron chi connectivity index (χ0n) is 10.1. The number of hydrogen-bond donors (Lipinski definition) is 3. The predicted octanol–water partition coefficient (Wildman–Crippen LogP) is 0.277. The Bertz CT molecular complexity index is 567. The minimum atomic E-state index is -3.82. The average Bonchev–Trinajstić information content (AvgIpc) is 2.80. The highest BCUT2D eigenvalue weighted by Crippen LogP contribution is 2.19. The van der Waals surface area contributed by atoms with Crippen LogP contribution in [-0.4, -0.2) is 27.5 Å². The molecule has 1 heterocycles. The molecule has 1 fully saturated rings. The Morgan fingerprint density at radius 3 is 2.74 bits per heavy atom. The van der Waals surface area contributed by atoms with Crippen LogP contribution in [0.25, 0.3) is 0 Å². The standard InChI is InChI=1S/C11H15N3O4S/c12-19(16,17)14-10-3-1-2-9(6-10)13-11(15)8-4-5-18-7-8/h1-3,6,8,14H,4-5,7H2,(H,13,15)(H2,12,16,17). The molecular formula is C11H15N3O4S. The number of amides is 1. The molecule has 1 amide bonds. The van der Waals surface area contributed by atoms with Gasteiger partial charge in [0.05, 0.1) is 18.2 Å². The van der Waals surface area contributed by atoms with E-state index in [1.165, 1.54) is 6.07 Å². The highest BCUT2D eigenvalue weighted by Gasteiger charge is 2.23. The van der Waals surface area contributed by atoms with Crippen LogP contribution in [-0.2, 0) is 19.7 Å². The molecule has 1 aliphatic heterocycles. The first-order chi connectivity index (χ1) is 8.94. The Morgan fingerprint density at radius 1 is 1.37 bits per heavy atom. The van der Waals surface area contributed by atoms with Gasteiger partial charge >= 0.3 is 0 Å². The second-order valence-electron chi connectivity index (χ2n) is 4.28. The van der Waals surface area contributed by atoms with Gasteiger partial charge in [-0.2, -0.15) is 8.42 Å². The van der Waals surface area contributed by atoms with Crippen LogP contribution in [0.1, 0.15) is 6.42 Å². The van der Waals surface area contributed by atoms with Crippen molar-refractivity contribution in [3.8, 4) is 0 Å². The van der Waals surface area contributed by atoms with Gasteiger partial charge in [-0.25, -0.2) is 5.14 Å². The van der Waals surface area contributed by atoms with Gasteiger partial charge in [-0.15, -0.1) is 0 Å². The van der Waals surface area contributed by atoms with Crippen molar-refractivity contribution < 1.29 is 17.9 Å². The first kappa shape index (κ1) is 13.8. The fraction of sp³-hybridized carbons (Fsp3) is 0.364. The van der Waals surface area contributed by atoms with Crippen molar-refractivity contribution in [2.24, 2.45) is 11.1 Å². The Balaban J connectivity index is 2.04. The van der Waals surface area contributed by atoms with E-state index in [2.05, 4.69) is 10.0 Å². The molecule has 0 radical (unpaired) electrons. The molecule has 7 nitrogen and oxygen atoms in total. The van der Waals surface area contributed by atoms with E-state index in [4.69, 9.17) is 9.88 Å². The monoisotopic (exact) mass is 285 g/mol. The molecule has 1 aliphatic rings. The second kappa shape index (κ2) is 5.55. The summed E-state index contributed by atoms with van der Waals surface area (Å²) in [5, 5.41) is 7.59. The largest absolute Gasteiger partial charge is 0.381 e. The Kier molecular flexibility index (Phi) is 4.03. The van der Waals surface area contributed by atoms with Crippen LogP contribution < -0.4 is 15.2 Å². The first-order valence-electron chi connectivity index (χ1n) is 5.73. The van der Waals surface area contributed by atoms with Crippen molar-refractivity contribution in [2.45, 2.75) is 6.42 Å². The molecule has 1 saturated heterocycles. The van der Waals surface area contributed by atoms with Gasteiger partial charge in [0.15, 0.2) is 0 Å². The molecule has 0 aromatic heterocycles. The normalized spacial score (nSPS) is 19.1. The zero-order valence-corrected chi connectivity index (χ0v) is 10.9. The molecule has 1 atom stereocenters. The molecule has 0 saturated carbocycles. The topological polar surface area (TPSA) is 111 Å². The van der Waals surface area contributed by atoms with E-state index >= 15 is 0 Å². The molecular weight excluding hydrogens is 270 g/mol. The highest BCUT2D eigenvalue weighted by atomic mass is 32.2. The zero-order chi connectivity index (χ0) is 13.9. The lowest BCUT2D eigenvalue weighted by molar-refractivity contribution is -0.119. The van der Waals surface area contributed by atoms with Crippen molar-refractivity contribution in [1.82, 2.24) is 0 Å². The number of benzene rings is 1. The van der Waals surface area contributed by atoms with E-state index in [9.17, 15) is 13.2 Å². The Morgan fingerprint density at radius 2 is 2.11 bits per heavy atom. The smallest absolute Gasteiger partial charge is 0.296 e. The Labute approximate surface area is 111 Å². The van der Waals surface area contributed by atoms with Gasteiger partial charge in [-0.3, -0.25) is 9.52 Å². The summed E-state index contributed by atoms with van der Waals surface area (Å²) in [7, 11) is -3.82. The van der Waals surface area contributed by atoms with Crippen molar-refractivity contribution in [3.05, 3.63) is 24.3 Å². The van der Waals surface area contributed by atoms with Crippen molar-refractivity contribution in [1.29, 1.82) is 0 Å². The number of nitrogens with one attached hydrogen (secondary N) is 2. The number of carbonyl (C=O) groups excluding carboxylic acids is 1. The lowest BCUT2D eigenvalue weighted by Crippen LogP contribution is -2.23. The van der Waals surface area contributed by atoms with E-state index in [1.807, 2.05) is 0 Å². The van der Waals surface area contributed by atoms with E-state index in [0.717, 1.165) is 0 Å². The molecule has 104 valence electrons. The number of hydrogen-bond acceptors (Lipinski definition) is 4. The minimum absolute atomic E-state index is 0.134. The predicted molar refractivity (Wildman–Crippen MR) is 70.7 cm³/mol. The summed E-state index contributed by atoms with van der Waals surface area (Å²) in [6.07, 6.45) is 0.695. The third-order valence-corrected chi connectivity index (χ3v) is 3.21. The van der Waals surface area contributed by atoms with Crippen LogP contribution in [0.2, 0.25) is 0 Å². The lowest BCUT2D eigenvalue weighted by Gasteiger charge is -2.10. The Hall–Kier alpha value is -1.64. The van der Waals surface area contributed by atoms with Gasteiger partial charge in [-0.05, 0) is 24.6 Å².